The summed E-state index contributed by atoms with van der Waals surface area (Å²) in [7, 11) is -4.40. The molecule has 1 heterocycles. The summed E-state index contributed by atoms with van der Waals surface area (Å²) in [4.78, 5) is 16.3. The van der Waals surface area contributed by atoms with Crippen LogP contribution in [0.25, 0.3) is 0 Å². The lowest BCUT2D eigenvalue weighted by Gasteiger charge is -2.53. The molecule has 2 fully saturated rings. The molecule has 2 aromatic carbocycles. The summed E-state index contributed by atoms with van der Waals surface area (Å²) in [5.74, 6) is -0.566. The van der Waals surface area contributed by atoms with E-state index < -0.39 is 45.4 Å². The highest BCUT2D eigenvalue weighted by molar-refractivity contribution is 7.90. The second kappa shape index (κ2) is 11.9. The van der Waals surface area contributed by atoms with Crippen molar-refractivity contribution < 1.29 is 22.0 Å². The van der Waals surface area contributed by atoms with Gasteiger partial charge in [-0.3, -0.25) is 4.79 Å². The standard InChI is InChI=1S/C31H38Cl2F2N2O3S/c1-6-16-31(5)18-25(22-8-7-9-24(33)17-22)27(21-12-14-23(32)15-13-21)37(28(31)38)26(20-10-11-20)19-36(29(34)35)41(39,40)30(2,3)4/h6-9,12-15,17,20,25-27,29H,1,10-11,16,18-19H2,2-5H3/t25-,26+,27-,31+/m1/s1. The van der Waals surface area contributed by atoms with Gasteiger partial charge >= 0.3 is 6.55 Å². The average molecular weight is 628 g/mol. The number of carbonyl (C=O) groups is 1. The molecule has 0 bridgehead atoms. The molecule has 0 unspecified atom stereocenters. The minimum Gasteiger partial charge on any atom is -0.330 e. The van der Waals surface area contributed by atoms with Crippen LogP contribution in [0.1, 0.15) is 76.5 Å². The van der Waals surface area contributed by atoms with Crippen molar-refractivity contribution >= 4 is 39.1 Å². The number of allylic oxidation sites excluding steroid dienone is 1. The van der Waals surface area contributed by atoms with Crippen molar-refractivity contribution in [3.63, 3.8) is 0 Å². The molecule has 5 nitrogen and oxygen atoms in total. The van der Waals surface area contributed by atoms with E-state index in [-0.39, 0.29) is 22.0 Å². The van der Waals surface area contributed by atoms with Crippen LogP contribution in [-0.4, -0.2) is 47.4 Å². The third kappa shape index (κ3) is 6.51. The number of nitrogens with zero attached hydrogens (tertiary/aromatic N) is 2. The van der Waals surface area contributed by atoms with E-state index in [1.165, 1.54) is 20.8 Å². The van der Waals surface area contributed by atoms with E-state index in [2.05, 4.69) is 6.58 Å². The van der Waals surface area contributed by atoms with Gasteiger partial charge in [0.25, 0.3) is 0 Å². The van der Waals surface area contributed by atoms with Crippen LogP contribution in [0.15, 0.2) is 61.2 Å². The molecule has 1 saturated heterocycles. The summed E-state index contributed by atoms with van der Waals surface area (Å²) in [6, 6.07) is 13.3. The van der Waals surface area contributed by atoms with Crippen LogP contribution >= 0.6 is 23.2 Å². The molecular weight excluding hydrogens is 589 g/mol. The fourth-order valence-corrected chi connectivity index (χ4v) is 7.60. The van der Waals surface area contributed by atoms with E-state index in [1.54, 1.807) is 29.2 Å². The van der Waals surface area contributed by atoms with Gasteiger partial charge in [0.1, 0.15) is 0 Å². The lowest BCUT2D eigenvalue weighted by atomic mass is 9.67. The van der Waals surface area contributed by atoms with Crippen molar-refractivity contribution in [1.29, 1.82) is 0 Å². The van der Waals surface area contributed by atoms with Crippen LogP contribution < -0.4 is 0 Å². The van der Waals surface area contributed by atoms with E-state index in [0.29, 0.717) is 35.7 Å². The van der Waals surface area contributed by atoms with Gasteiger partial charge in [0, 0.05) is 28.5 Å². The molecule has 4 rings (SSSR count). The highest BCUT2D eigenvalue weighted by Gasteiger charge is 2.55. The average Bonchev–Trinajstić information content (AvgIpc) is 3.72. The second-order valence-electron chi connectivity index (χ2n) is 12.5. The van der Waals surface area contributed by atoms with Crippen molar-refractivity contribution in [1.82, 2.24) is 9.21 Å². The van der Waals surface area contributed by atoms with Crippen LogP contribution in [0.5, 0.6) is 0 Å². The Kier molecular flexibility index (Phi) is 9.30. The smallest absolute Gasteiger partial charge is 0.307 e. The van der Waals surface area contributed by atoms with Gasteiger partial charge in [-0.15, -0.1) is 10.9 Å². The largest absolute Gasteiger partial charge is 0.330 e. The number of hydrogen-bond acceptors (Lipinski definition) is 3. The van der Waals surface area contributed by atoms with Crippen molar-refractivity contribution in [2.24, 2.45) is 11.3 Å². The highest BCUT2D eigenvalue weighted by Crippen LogP contribution is 2.54. The van der Waals surface area contributed by atoms with Crippen molar-refractivity contribution in [3.8, 4) is 0 Å². The van der Waals surface area contributed by atoms with Crippen molar-refractivity contribution in [3.05, 3.63) is 82.4 Å². The zero-order valence-electron chi connectivity index (χ0n) is 23.9. The Balaban J connectivity index is 1.93. The third-order valence-corrected chi connectivity index (χ3v) is 11.3. The zero-order chi connectivity index (χ0) is 30.3. The fraction of sp³-hybridized carbons (Fsp3) is 0.516. The molecular formula is C31H38Cl2F2N2O3S. The first-order valence-corrected chi connectivity index (χ1v) is 16.0. The predicted octanol–water partition coefficient (Wildman–Crippen LogP) is 8.06. The predicted molar refractivity (Wildman–Crippen MR) is 161 cm³/mol. The molecule has 1 aliphatic carbocycles. The summed E-state index contributed by atoms with van der Waals surface area (Å²) >= 11 is 12.7. The number of likely N-dealkylation sites (tertiary alicyclic amines) is 1. The molecule has 224 valence electrons. The minimum atomic E-state index is -4.40. The maximum atomic E-state index is 14.6. The first-order chi connectivity index (χ1) is 19.1. The van der Waals surface area contributed by atoms with Crippen molar-refractivity contribution in [2.45, 2.75) is 82.7 Å². The van der Waals surface area contributed by atoms with Gasteiger partial charge in [-0.25, -0.2) is 8.42 Å². The normalized spacial score (nSPS) is 24.6. The second-order valence-corrected chi connectivity index (χ2v) is 16.0. The van der Waals surface area contributed by atoms with Crippen LogP contribution in [-0.2, 0) is 14.8 Å². The Bertz CT molecular complexity index is 1380. The first-order valence-electron chi connectivity index (χ1n) is 13.8. The number of piperidine rings is 1. The number of amides is 1. The molecule has 0 N–H and O–H groups in total. The Hall–Kier alpha value is -2.00. The summed E-state index contributed by atoms with van der Waals surface area (Å²) in [5.41, 5.74) is 0.817. The van der Waals surface area contributed by atoms with Gasteiger partial charge in [0.2, 0.25) is 15.9 Å². The third-order valence-electron chi connectivity index (χ3n) is 8.38. The monoisotopic (exact) mass is 626 g/mol. The summed E-state index contributed by atoms with van der Waals surface area (Å²) in [5, 5.41) is 1.07. The van der Waals surface area contributed by atoms with Crippen LogP contribution in [0.2, 0.25) is 10.0 Å². The Morgan fingerprint density at radius 3 is 2.24 bits per heavy atom. The molecule has 0 spiro atoms. The highest BCUT2D eigenvalue weighted by atomic mass is 35.5. The van der Waals surface area contributed by atoms with E-state index >= 15 is 0 Å². The van der Waals surface area contributed by atoms with Gasteiger partial charge in [0.05, 0.1) is 16.2 Å². The molecule has 41 heavy (non-hydrogen) atoms. The quantitative estimate of drug-likeness (QED) is 0.198. The van der Waals surface area contributed by atoms with Crippen molar-refractivity contribution in [2.75, 3.05) is 6.54 Å². The molecule has 10 heteroatoms. The van der Waals surface area contributed by atoms with E-state index in [9.17, 15) is 22.0 Å². The number of halogens is 4. The van der Waals surface area contributed by atoms with Gasteiger partial charge in [-0.2, -0.15) is 8.78 Å². The topological polar surface area (TPSA) is 57.7 Å². The summed E-state index contributed by atoms with van der Waals surface area (Å²) in [6.45, 7) is 6.23. The fourth-order valence-electron chi connectivity index (χ4n) is 6.02. The number of sulfonamides is 1. The molecule has 1 amide bonds. The van der Waals surface area contributed by atoms with Crippen LogP contribution in [0.4, 0.5) is 8.78 Å². The van der Waals surface area contributed by atoms with E-state index in [0.717, 1.165) is 11.1 Å². The van der Waals surface area contributed by atoms with Gasteiger partial charge < -0.3 is 4.90 Å². The zero-order valence-corrected chi connectivity index (χ0v) is 26.2. The molecule has 0 aromatic heterocycles. The molecule has 2 aromatic rings. The number of hydrogen-bond donors (Lipinski definition) is 0. The van der Waals surface area contributed by atoms with Gasteiger partial charge in [-0.05, 0) is 87.8 Å². The number of benzene rings is 2. The van der Waals surface area contributed by atoms with Gasteiger partial charge in [0.15, 0.2) is 0 Å². The Morgan fingerprint density at radius 1 is 1.10 bits per heavy atom. The lowest BCUT2D eigenvalue weighted by molar-refractivity contribution is -0.156. The maximum absolute atomic E-state index is 14.6. The molecule has 1 saturated carbocycles. The Labute approximate surface area is 252 Å². The molecule has 0 radical (unpaired) electrons. The maximum Gasteiger partial charge on any atom is 0.307 e. The van der Waals surface area contributed by atoms with E-state index in [1.807, 2.05) is 37.3 Å². The Morgan fingerprint density at radius 2 is 1.73 bits per heavy atom. The molecule has 1 aliphatic heterocycles. The first kappa shape index (κ1) is 31.9. The number of rotatable bonds is 10. The van der Waals surface area contributed by atoms with E-state index in [4.69, 9.17) is 23.2 Å². The SMILES string of the molecule is C=CC[C@@]1(C)C[C@H](c2cccc(Cl)c2)[C@@H](c2ccc(Cl)cc2)N([C@@H](CN(C(F)F)S(=O)(=O)C(C)(C)C)C2CC2)C1=O. The van der Waals surface area contributed by atoms with Crippen LogP contribution in [0.3, 0.4) is 0 Å². The van der Waals surface area contributed by atoms with Gasteiger partial charge in [-0.1, -0.05) is 60.5 Å². The molecule has 4 atom stereocenters. The minimum absolute atomic E-state index is 0.115. The lowest BCUT2D eigenvalue weighted by Crippen LogP contribution is -2.60. The molecule has 2 aliphatic rings. The summed E-state index contributed by atoms with van der Waals surface area (Å²) in [6.07, 6.45) is 3.99. The number of alkyl halides is 2. The van der Waals surface area contributed by atoms with Crippen LogP contribution in [0, 0.1) is 11.3 Å². The summed E-state index contributed by atoms with van der Waals surface area (Å²) < 4.78 is 54.7. The number of carbonyl (C=O) groups excluding carboxylic acids is 1.